The second-order valence-electron chi connectivity index (χ2n) is 3.87. The molecule has 0 radical (unpaired) electrons. The number of ketones is 1. The van der Waals surface area contributed by atoms with Gasteiger partial charge in [0.25, 0.3) is 0 Å². The standard InChI is InChI=1S/C11H18N2O3/c1-5-8(14)7-9-12-10(13-16-9)11(3,6-2)15-4/h5-7H2,1-4H3. The monoisotopic (exact) mass is 226 g/mol. The first-order chi connectivity index (χ1) is 7.55. The first kappa shape index (κ1) is 12.8. The fourth-order valence-corrected chi connectivity index (χ4v) is 1.23. The highest BCUT2D eigenvalue weighted by Crippen LogP contribution is 2.25. The van der Waals surface area contributed by atoms with Gasteiger partial charge in [0.2, 0.25) is 11.7 Å². The zero-order valence-corrected chi connectivity index (χ0v) is 10.2. The van der Waals surface area contributed by atoms with E-state index in [4.69, 9.17) is 9.26 Å². The molecule has 1 unspecified atom stereocenters. The first-order valence-electron chi connectivity index (χ1n) is 5.45. The van der Waals surface area contributed by atoms with E-state index < -0.39 is 5.60 Å². The number of Topliss-reactive ketones (excluding diaryl/α,β-unsaturated/α-hetero) is 1. The van der Waals surface area contributed by atoms with Gasteiger partial charge in [0.15, 0.2) is 0 Å². The van der Waals surface area contributed by atoms with Gasteiger partial charge in [-0.05, 0) is 13.3 Å². The topological polar surface area (TPSA) is 65.2 Å². The van der Waals surface area contributed by atoms with Crippen LogP contribution in [0.15, 0.2) is 4.52 Å². The highest BCUT2D eigenvalue weighted by molar-refractivity contribution is 5.79. The molecule has 1 heterocycles. The summed E-state index contributed by atoms with van der Waals surface area (Å²) in [5.41, 5.74) is -0.545. The van der Waals surface area contributed by atoms with Gasteiger partial charge in [0.05, 0.1) is 6.42 Å². The predicted octanol–water partition coefficient (Wildman–Crippen LogP) is 1.86. The third kappa shape index (κ3) is 2.66. The minimum Gasteiger partial charge on any atom is -0.370 e. The molecular formula is C11H18N2O3. The Hall–Kier alpha value is -1.23. The van der Waals surface area contributed by atoms with Gasteiger partial charge in [-0.1, -0.05) is 19.0 Å². The molecule has 1 atom stereocenters. The van der Waals surface area contributed by atoms with Crippen LogP contribution in [0.4, 0.5) is 0 Å². The molecule has 0 amide bonds. The normalized spacial score (nSPS) is 14.8. The summed E-state index contributed by atoms with van der Waals surface area (Å²) < 4.78 is 10.4. The van der Waals surface area contributed by atoms with Crippen LogP contribution in [0, 0.1) is 0 Å². The number of nitrogens with zero attached hydrogens (tertiary/aromatic N) is 2. The third-order valence-corrected chi connectivity index (χ3v) is 2.81. The number of carbonyl (C=O) groups excluding carboxylic acids is 1. The summed E-state index contributed by atoms with van der Waals surface area (Å²) in [5.74, 6) is 0.945. The summed E-state index contributed by atoms with van der Waals surface area (Å²) in [4.78, 5) is 15.4. The quantitative estimate of drug-likeness (QED) is 0.740. The average molecular weight is 226 g/mol. The molecule has 0 fully saturated rings. The van der Waals surface area contributed by atoms with Crippen molar-refractivity contribution in [2.45, 2.75) is 45.6 Å². The molecule has 1 aromatic heterocycles. The van der Waals surface area contributed by atoms with E-state index in [1.165, 1.54) is 0 Å². The second-order valence-corrected chi connectivity index (χ2v) is 3.87. The van der Waals surface area contributed by atoms with Crippen LogP contribution in [-0.4, -0.2) is 23.0 Å². The number of hydrogen-bond acceptors (Lipinski definition) is 5. The molecule has 16 heavy (non-hydrogen) atoms. The van der Waals surface area contributed by atoms with Gasteiger partial charge in [-0.3, -0.25) is 4.79 Å². The van der Waals surface area contributed by atoms with Crippen molar-refractivity contribution < 1.29 is 14.1 Å². The fourth-order valence-electron chi connectivity index (χ4n) is 1.23. The first-order valence-corrected chi connectivity index (χ1v) is 5.45. The summed E-state index contributed by atoms with van der Waals surface area (Å²) >= 11 is 0. The molecule has 0 aliphatic rings. The Kier molecular flexibility index (Phi) is 4.18. The van der Waals surface area contributed by atoms with E-state index in [1.807, 2.05) is 20.8 Å². The zero-order valence-electron chi connectivity index (χ0n) is 10.2. The third-order valence-electron chi connectivity index (χ3n) is 2.81. The van der Waals surface area contributed by atoms with Crippen LogP contribution in [0.2, 0.25) is 0 Å². The Balaban J connectivity index is 2.82. The lowest BCUT2D eigenvalue weighted by molar-refractivity contribution is -0.118. The van der Waals surface area contributed by atoms with Gasteiger partial charge in [-0.2, -0.15) is 4.98 Å². The molecule has 5 heteroatoms. The second kappa shape index (κ2) is 5.21. The van der Waals surface area contributed by atoms with E-state index in [1.54, 1.807) is 7.11 Å². The molecule has 5 nitrogen and oxygen atoms in total. The molecule has 0 saturated carbocycles. The average Bonchev–Trinajstić information content (AvgIpc) is 2.76. The largest absolute Gasteiger partial charge is 0.370 e. The van der Waals surface area contributed by atoms with E-state index in [2.05, 4.69) is 10.1 Å². The zero-order chi connectivity index (χ0) is 12.2. The molecule has 1 aromatic rings. The minimum absolute atomic E-state index is 0.0887. The summed E-state index contributed by atoms with van der Waals surface area (Å²) in [7, 11) is 1.61. The predicted molar refractivity (Wildman–Crippen MR) is 58.0 cm³/mol. The van der Waals surface area contributed by atoms with Crippen molar-refractivity contribution in [2.24, 2.45) is 0 Å². The minimum atomic E-state index is -0.545. The maximum atomic E-state index is 11.2. The molecule has 0 spiro atoms. The maximum Gasteiger partial charge on any atom is 0.234 e. The number of rotatable bonds is 6. The van der Waals surface area contributed by atoms with Crippen LogP contribution in [0.3, 0.4) is 0 Å². The Morgan fingerprint density at radius 3 is 2.69 bits per heavy atom. The number of carbonyl (C=O) groups is 1. The smallest absolute Gasteiger partial charge is 0.234 e. The molecule has 0 saturated heterocycles. The molecule has 1 rings (SSSR count). The molecule has 0 bridgehead atoms. The van der Waals surface area contributed by atoms with Crippen LogP contribution in [0.5, 0.6) is 0 Å². The van der Waals surface area contributed by atoms with Gasteiger partial charge in [-0.15, -0.1) is 0 Å². The van der Waals surface area contributed by atoms with Gasteiger partial charge < -0.3 is 9.26 Å². The van der Waals surface area contributed by atoms with Gasteiger partial charge in [0.1, 0.15) is 11.4 Å². The van der Waals surface area contributed by atoms with Crippen LogP contribution in [0.1, 0.15) is 45.3 Å². The van der Waals surface area contributed by atoms with Gasteiger partial charge >= 0.3 is 0 Å². The lowest BCUT2D eigenvalue weighted by atomic mass is 10.0. The molecular weight excluding hydrogens is 208 g/mol. The number of ether oxygens (including phenoxy) is 1. The molecule has 0 aromatic carbocycles. The molecule has 0 aliphatic heterocycles. The van der Waals surface area contributed by atoms with E-state index in [0.29, 0.717) is 18.1 Å². The molecule has 90 valence electrons. The van der Waals surface area contributed by atoms with E-state index in [-0.39, 0.29) is 12.2 Å². The van der Waals surface area contributed by atoms with Crippen LogP contribution in [-0.2, 0) is 21.6 Å². The highest BCUT2D eigenvalue weighted by atomic mass is 16.5. The van der Waals surface area contributed by atoms with Crippen LogP contribution < -0.4 is 0 Å². The Morgan fingerprint density at radius 1 is 1.50 bits per heavy atom. The van der Waals surface area contributed by atoms with Crippen molar-refractivity contribution in [1.82, 2.24) is 10.1 Å². The lowest BCUT2D eigenvalue weighted by Gasteiger charge is -2.21. The van der Waals surface area contributed by atoms with Crippen molar-refractivity contribution in [3.63, 3.8) is 0 Å². The Bertz CT molecular complexity index is 356. The van der Waals surface area contributed by atoms with Crippen molar-refractivity contribution in [3.05, 3.63) is 11.7 Å². The Morgan fingerprint density at radius 2 is 2.19 bits per heavy atom. The van der Waals surface area contributed by atoms with Crippen molar-refractivity contribution >= 4 is 5.78 Å². The number of methoxy groups -OCH3 is 1. The lowest BCUT2D eigenvalue weighted by Crippen LogP contribution is -2.24. The van der Waals surface area contributed by atoms with E-state index in [0.717, 1.165) is 6.42 Å². The van der Waals surface area contributed by atoms with Gasteiger partial charge in [-0.25, -0.2) is 0 Å². The van der Waals surface area contributed by atoms with Crippen molar-refractivity contribution in [3.8, 4) is 0 Å². The fraction of sp³-hybridized carbons (Fsp3) is 0.727. The van der Waals surface area contributed by atoms with Crippen molar-refractivity contribution in [1.29, 1.82) is 0 Å². The Labute approximate surface area is 95.2 Å². The van der Waals surface area contributed by atoms with Crippen molar-refractivity contribution in [2.75, 3.05) is 7.11 Å². The van der Waals surface area contributed by atoms with Crippen LogP contribution >= 0.6 is 0 Å². The summed E-state index contributed by atoms with van der Waals surface area (Å²) in [6.45, 7) is 5.69. The maximum absolute atomic E-state index is 11.2. The summed E-state index contributed by atoms with van der Waals surface area (Å²) in [6, 6.07) is 0. The van der Waals surface area contributed by atoms with E-state index in [9.17, 15) is 4.79 Å². The number of aromatic nitrogens is 2. The van der Waals surface area contributed by atoms with Gasteiger partial charge in [0, 0.05) is 13.5 Å². The SMILES string of the molecule is CCC(=O)Cc1nc(C(C)(CC)OC)no1. The molecule has 0 N–H and O–H groups in total. The molecule has 0 aliphatic carbocycles. The van der Waals surface area contributed by atoms with E-state index >= 15 is 0 Å². The highest BCUT2D eigenvalue weighted by Gasteiger charge is 2.30. The summed E-state index contributed by atoms with van der Waals surface area (Å²) in [5, 5.41) is 3.85. The summed E-state index contributed by atoms with van der Waals surface area (Å²) in [6.07, 6.45) is 1.42. The van der Waals surface area contributed by atoms with Crippen LogP contribution in [0.25, 0.3) is 0 Å². The number of hydrogen-bond donors (Lipinski definition) is 0.